The number of aliphatic hydroxyl groups is 1. The average molecular weight is 457 g/mol. The van der Waals surface area contributed by atoms with Crippen LogP contribution in [-0.2, 0) is 27.4 Å². The third-order valence-corrected chi connectivity index (χ3v) is 6.07. The molecule has 3 rings (SSSR count). The first-order valence-corrected chi connectivity index (χ1v) is 10.8. The number of nitrogens with two attached hydrogens (primary N) is 1. The number of hydrogen-bond acceptors (Lipinski definition) is 11. The number of imidazole rings is 1. The van der Waals surface area contributed by atoms with Gasteiger partial charge in [0.15, 0.2) is 17.4 Å². The normalized spacial score (nSPS) is 27.3. The van der Waals surface area contributed by atoms with E-state index in [0.717, 1.165) is 0 Å². The monoisotopic (exact) mass is 457 g/mol. The lowest BCUT2D eigenvalue weighted by molar-refractivity contribution is -0.0577. The van der Waals surface area contributed by atoms with Crippen LogP contribution in [0.3, 0.4) is 0 Å². The van der Waals surface area contributed by atoms with E-state index in [-0.39, 0.29) is 17.1 Å². The Morgan fingerprint density at radius 2 is 2.07 bits per heavy atom. The molecule has 1 saturated heterocycles. The van der Waals surface area contributed by atoms with E-state index in [1.165, 1.54) is 18.0 Å². The highest BCUT2D eigenvalue weighted by molar-refractivity contribution is 7.60. The SMILES string of the molecule is CO[C@H]1C(O)[C@@H](COP(=O)(O)OP(=O)(O)O)O[C@H]1n1cnc2c(=O)[nH]c(N)nc21. The van der Waals surface area contributed by atoms with Crippen LogP contribution in [0, 0.1) is 0 Å². The van der Waals surface area contributed by atoms with Gasteiger partial charge in [-0.3, -0.25) is 18.9 Å². The first-order chi connectivity index (χ1) is 13.4. The van der Waals surface area contributed by atoms with Crippen molar-refractivity contribution in [3.63, 3.8) is 0 Å². The lowest BCUT2D eigenvalue weighted by Gasteiger charge is -2.19. The topological polar surface area (TPSA) is 242 Å². The Labute approximate surface area is 161 Å². The number of anilines is 1. The number of aliphatic hydroxyl groups excluding tert-OH is 1. The van der Waals surface area contributed by atoms with Crippen molar-refractivity contribution in [1.82, 2.24) is 19.5 Å². The lowest BCUT2D eigenvalue weighted by Crippen LogP contribution is -2.35. The molecule has 1 fully saturated rings. The Morgan fingerprint density at radius 1 is 1.38 bits per heavy atom. The second-order valence-corrected chi connectivity index (χ2v) is 8.70. The van der Waals surface area contributed by atoms with E-state index in [2.05, 4.69) is 23.8 Å². The summed E-state index contributed by atoms with van der Waals surface area (Å²) in [6.07, 6.45) is -3.63. The molecule has 2 aromatic heterocycles. The molecule has 1 aliphatic heterocycles. The summed E-state index contributed by atoms with van der Waals surface area (Å²) in [5, 5.41) is 10.4. The van der Waals surface area contributed by atoms with E-state index in [4.69, 9.17) is 25.0 Å². The number of H-pyrrole nitrogens is 1. The maximum atomic E-state index is 11.9. The zero-order valence-electron chi connectivity index (χ0n) is 14.6. The fourth-order valence-corrected chi connectivity index (χ4v) is 4.39. The van der Waals surface area contributed by atoms with Crippen LogP contribution in [-0.4, -0.2) is 71.3 Å². The summed E-state index contributed by atoms with van der Waals surface area (Å²) in [5.74, 6) is -0.188. The number of methoxy groups -OCH3 is 1. The van der Waals surface area contributed by atoms with E-state index in [1.807, 2.05) is 0 Å². The number of nitrogen functional groups attached to an aromatic ring is 1. The summed E-state index contributed by atoms with van der Waals surface area (Å²) in [7, 11) is -9.18. The molecule has 0 bridgehead atoms. The quantitative estimate of drug-likeness (QED) is 0.251. The maximum Gasteiger partial charge on any atom is 0.481 e. The number of nitrogens with one attached hydrogen (secondary N) is 1. The van der Waals surface area contributed by atoms with Crippen molar-refractivity contribution in [3.05, 3.63) is 16.7 Å². The largest absolute Gasteiger partial charge is 0.481 e. The van der Waals surface area contributed by atoms with Crippen LogP contribution in [0.25, 0.3) is 11.2 Å². The van der Waals surface area contributed by atoms with E-state index in [0.29, 0.717) is 0 Å². The maximum absolute atomic E-state index is 11.9. The molecule has 1 aliphatic rings. The van der Waals surface area contributed by atoms with Gasteiger partial charge in [0.1, 0.15) is 18.3 Å². The Bertz CT molecular complexity index is 1050. The first kappa shape index (κ1) is 22.0. The molecule has 0 radical (unpaired) electrons. The number of nitrogens with zero attached hydrogens (tertiary/aromatic N) is 3. The molecule has 29 heavy (non-hydrogen) atoms. The summed E-state index contributed by atoms with van der Waals surface area (Å²) < 4.78 is 42.5. The number of phosphoric ester groups is 1. The van der Waals surface area contributed by atoms with Gasteiger partial charge in [-0.25, -0.2) is 14.1 Å². The lowest BCUT2D eigenvalue weighted by atomic mass is 10.1. The predicted octanol–water partition coefficient (Wildman–Crippen LogP) is -1.80. The summed E-state index contributed by atoms with van der Waals surface area (Å²) in [6.45, 7) is -0.784. The standard InChI is InChI=1S/C11H17N5O11P2/c1-24-7-6(17)4(2-25-29(22,23)27-28(19,20)21)26-10(7)16-3-13-5-8(16)14-11(12)15-9(5)18/h3-4,6-7,10,17H,2H2,1H3,(H,22,23)(H2,19,20,21)(H3,12,14,15,18)/t4-,6?,7+,10-/m1/s1. The number of aromatic amines is 1. The van der Waals surface area contributed by atoms with E-state index >= 15 is 0 Å². The van der Waals surface area contributed by atoms with Crippen molar-refractivity contribution >= 4 is 32.8 Å². The van der Waals surface area contributed by atoms with Gasteiger partial charge in [-0.15, -0.1) is 0 Å². The van der Waals surface area contributed by atoms with Crippen LogP contribution in [0.1, 0.15) is 6.23 Å². The summed E-state index contributed by atoms with van der Waals surface area (Å²) >= 11 is 0. The van der Waals surface area contributed by atoms with E-state index < -0.39 is 52.4 Å². The Balaban J connectivity index is 1.83. The minimum atomic E-state index is -5.30. The van der Waals surface area contributed by atoms with Crippen LogP contribution >= 0.6 is 15.6 Å². The zero-order valence-corrected chi connectivity index (χ0v) is 16.3. The van der Waals surface area contributed by atoms with Gasteiger partial charge in [0.25, 0.3) is 5.56 Å². The summed E-state index contributed by atoms with van der Waals surface area (Å²) in [5.41, 5.74) is 4.91. The van der Waals surface area contributed by atoms with Gasteiger partial charge >= 0.3 is 15.6 Å². The third kappa shape index (κ3) is 4.73. The van der Waals surface area contributed by atoms with Crippen molar-refractivity contribution < 1.29 is 47.2 Å². The molecular weight excluding hydrogens is 440 g/mol. The fraction of sp³-hybridized carbons (Fsp3) is 0.545. The molecule has 0 amide bonds. The number of phosphoric acid groups is 2. The van der Waals surface area contributed by atoms with E-state index in [9.17, 15) is 23.9 Å². The molecule has 7 N–H and O–H groups in total. The fourth-order valence-electron chi connectivity index (χ4n) is 2.79. The molecule has 0 saturated carbocycles. The van der Waals surface area contributed by atoms with Crippen LogP contribution in [0.2, 0.25) is 0 Å². The van der Waals surface area contributed by atoms with Crippen molar-refractivity contribution in [3.8, 4) is 0 Å². The Hall–Kier alpha value is -1.71. The van der Waals surface area contributed by atoms with Crippen LogP contribution in [0.15, 0.2) is 11.1 Å². The number of aromatic nitrogens is 4. The van der Waals surface area contributed by atoms with Crippen LogP contribution in [0.5, 0.6) is 0 Å². The molecule has 0 aromatic carbocycles. The number of hydrogen-bond donors (Lipinski definition) is 6. The second-order valence-electron chi connectivity index (χ2n) is 5.87. The minimum absolute atomic E-state index is 0.0322. The number of rotatable bonds is 7. The highest BCUT2D eigenvalue weighted by atomic mass is 31.3. The number of fused-ring (bicyclic) bond motifs is 1. The Morgan fingerprint density at radius 3 is 2.69 bits per heavy atom. The molecule has 2 aromatic rings. The van der Waals surface area contributed by atoms with Crippen molar-refractivity contribution in [1.29, 1.82) is 0 Å². The van der Waals surface area contributed by atoms with Crippen LogP contribution in [0.4, 0.5) is 5.95 Å². The molecule has 0 spiro atoms. The van der Waals surface area contributed by atoms with Gasteiger partial charge in [0.05, 0.1) is 12.9 Å². The summed E-state index contributed by atoms with van der Waals surface area (Å²) in [6, 6.07) is 0. The van der Waals surface area contributed by atoms with Gasteiger partial charge in [0.2, 0.25) is 5.95 Å². The van der Waals surface area contributed by atoms with Crippen LogP contribution < -0.4 is 11.3 Å². The first-order valence-electron chi connectivity index (χ1n) is 7.75. The van der Waals surface area contributed by atoms with E-state index in [1.54, 1.807) is 0 Å². The predicted molar refractivity (Wildman–Crippen MR) is 92.2 cm³/mol. The molecular formula is C11H17N5O11P2. The molecule has 18 heteroatoms. The van der Waals surface area contributed by atoms with Gasteiger partial charge in [0, 0.05) is 7.11 Å². The highest BCUT2D eigenvalue weighted by Gasteiger charge is 2.47. The highest BCUT2D eigenvalue weighted by Crippen LogP contribution is 2.57. The minimum Gasteiger partial charge on any atom is -0.387 e. The van der Waals surface area contributed by atoms with Gasteiger partial charge in [-0.05, 0) is 0 Å². The Kier molecular flexibility index (Phi) is 5.95. The molecule has 0 aliphatic carbocycles. The van der Waals surface area contributed by atoms with Gasteiger partial charge < -0.3 is 35.0 Å². The van der Waals surface area contributed by atoms with Gasteiger partial charge in [-0.2, -0.15) is 9.29 Å². The summed E-state index contributed by atoms with van der Waals surface area (Å²) in [4.78, 5) is 48.6. The van der Waals surface area contributed by atoms with Crippen molar-refractivity contribution in [2.45, 2.75) is 24.5 Å². The van der Waals surface area contributed by atoms with Crippen molar-refractivity contribution in [2.75, 3.05) is 19.5 Å². The second kappa shape index (κ2) is 7.85. The molecule has 162 valence electrons. The third-order valence-electron chi connectivity index (χ3n) is 3.92. The molecule has 3 heterocycles. The molecule has 16 nitrogen and oxygen atoms in total. The molecule has 5 atom stereocenters. The zero-order chi connectivity index (χ0) is 21.6. The number of ether oxygens (including phenoxy) is 2. The van der Waals surface area contributed by atoms with Gasteiger partial charge in [-0.1, -0.05) is 0 Å². The smallest absolute Gasteiger partial charge is 0.387 e. The van der Waals surface area contributed by atoms with Crippen molar-refractivity contribution in [2.24, 2.45) is 0 Å². The molecule has 2 unspecified atom stereocenters. The average Bonchev–Trinajstić information content (AvgIpc) is 3.11.